The fourth-order valence-corrected chi connectivity index (χ4v) is 6.05. The highest BCUT2D eigenvalue weighted by Crippen LogP contribution is 2.49. The van der Waals surface area contributed by atoms with Gasteiger partial charge in [0.05, 0.1) is 0 Å². The van der Waals surface area contributed by atoms with Crippen LogP contribution >= 0.6 is 15.9 Å². The number of carbonyl (C=O) groups is 2. The molecule has 0 aromatic carbocycles. The summed E-state index contributed by atoms with van der Waals surface area (Å²) in [5, 5.41) is 18.5. The van der Waals surface area contributed by atoms with Gasteiger partial charge >= 0.3 is 0 Å². The summed E-state index contributed by atoms with van der Waals surface area (Å²) in [5.74, 6) is 1.68. The maximum atomic E-state index is 12.6. The van der Waals surface area contributed by atoms with Crippen molar-refractivity contribution in [3.63, 3.8) is 0 Å². The first-order valence-corrected chi connectivity index (χ1v) is 16.0. The molecule has 0 spiro atoms. The van der Waals surface area contributed by atoms with E-state index in [9.17, 15) is 9.90 Å². The lowest BCUT2D eigenvalue weighted by atomic mass is 9.62. The molecular weight excluding hydrogens is 540 g/mol. The van der Waals surface area contributed by atoms with Gasteiger partial charge in [-0.3, -0.25) is 9.59 Å². The summed E-state index contributed by atoms with van der Waals surface area (Å²) in [5.41, 5.74) is 3.56. The number of Topliss-reactive ketones (excluding diaryl/α,β-unsaturated/α-hetero) is 1. The molecule has 0 aromatic rings. The number of hydrogen-bond donors (Lipinski definition) is 2. The molecule has 2 unspecified atom stereocenters. The van der Waals surface area contributed by atoms with Gasteiger partial charge in [0, 0.05) is 11.8 Å². The fourth-order valence-electron chi connectivity index (χ4n) is 6.05. The smallest absolute Gasteiger partial charge is 0.290 e. The number of halogens is 1. The van der Waals surface area contributed by atoms with E-state index in [0.29, 0.717) is 37.0 Å². The third kappa shape index (κ3) is 11.5. The number of alkyl halides is 1. The number of rotatable bonds is 9. The first-order valence-electron chi connectivity index (χ1n) is 14.9. The molecule has 38 heavy (non-hydrogen) atoms. The molecule has 4 atom stereocenters. The average molecular weight is 598 g/mol. The van der Waals surface area contributed by atoms with Gasteiger partial charge in [-0.25, -0.2) is 0 Å². The van der Waals surface area contributed by atoms with E-state index in [1.807, 2.05) is 20.8 Å². The van der Waals surface area contributed by atoms with Gasteiger partial charge in [-0.05, 0) is 99.4 Å². The van der Waals surface area contributed by atoms with Crippen LogP contribution in [0.5, 0.6) is 0 Å². The van der Waals surface area contributed by atoms with Crippen molar-refractivity contribution >= 4 is 28.2 Å². The van der Waals surface area contributed by atoms with E-state index in [4.69, 9.17) is 9.90 Å². The maximum absolute atomic E-state index is 12.6. The molecule has 0 aromatic heterocycles. The van der Waals surface area contributed by atoms with Crippen molar-refractivity contribution < 1.29 is 19.8 Å². The predicted molar refractivity (Wildman–Crippen MR) is 166 cm³/mol. The van der Waals surface area contributed by atoms with Gasteiger partial charge in [-0.2, -0.15) is 0 Å². The van der Waals surface area contributed by atoms with E-state index in [2.05, 4.69) is 62.4 Å². The molecule has 2 fully saturated rings. The van der Waals surface area contributed by atoms with Gasteiger partial charge in [-0.1, -0.05) is 94.3 Å². The average Bonchev–Trinajstić information content (AvgIpc) is 3.04. The lowest BCUT2D eigenvalue weighted by Gasteiger charge is -2.43. The molecule has 0 aliphatic heterocycles. The van der Waals surface area contributed by atoms with Crippen LogP contribution in [0.3, 0.4) is 0 Å². The Bertz CT molecular complexity index is 780. The van der Waals surface area contributed by atoms with Gasteiger partial charge in [0.1, 0.15) is 5.60 Å². The number of aliphatic hydroxyl groups is 1. The molecule has 0 saturated heterocycles. The van der Waals surface area contributed by atoms with Crippen molar-refractivity contribution in [3.8, 4) is 0 Å². The highest BCUT2D eigenvalue weighted by atomic mass is 79.9. The van der Waals surface area contributed by atoms with Crippen LogP contribution in [-0.4, -0.2) is 33.4 Å². The normalized spacial score (nSPS) is 25.8. The van der Waals surface area contributed by atoms with Gasteiger partial charge in [0.25, 0.3) is 6.47 Å². The summed E-state index contributed by atoms with van der Waals surface area (Å²) in [6.07, 6.45) is 17.0. The fraction of sp³-hybridized carbons (Fsp3) is 0.758. The molecule has 5 heteroatoms. The van der Waals surface area contributed by atoms with Crippen molar-refractivity contribution in [2.45, 2.75) is 131 Å². The van der Waals surface area contributed by atoms with Crippen LogP contribution in [0.2, 0.25) is 0 Å². The Labute approximate surface area is 242 Å². The lowest BCUT2D eigenvalue weighted by molar-refractivity contribution is -0.138. The summed E-state index contributed by atoms with van der Waals surface area (Å²) in [7, 11) is 0. The second kappa shape index (κ2) is 19.0. The van der Waals surface area contributed by atoms with Crippen molar-refractivity contribution in [3.05, 3.63) is 35.5 Å². The number of hydrogen-bond acceptors (Lipinski definition) is 3. The molecular formula is C33H57BrO4. The molecule has 2 saturated carbocycles. The number of ketones is 1. The van der Waals surface area contributed by atoms with E-state index < -0.39 is 5.60 Å². The second-order valence-corrected chi connectivity index (χ2v) is 12.8. The minimum Gasteiger partial charge on any atom is -0.483 e. The Morgan fingerprint density at radius 2 is 1.68 bits per heavy atom. The predicted octanol–water partition coefficient (Wildman–Crippen LogP) is 9.46. The van der Waals surface area contributed by atoms with Crippen LogP contribution in [0, 0.1) is 23.2 Å². The van der Waals surface area contributed by atoms with E-state index in [0.717, 1.165) is 18.2 Å². The first kappa shape index (κ1) is 36.8. The molecule has 2 rings (SSSR count). The molecule has 2 aliphatic carbocycles. The van der Waals surface area contributed by atoms with Gasteiger partial charge < -0.3 is 10.2 Å². The standard InChI is InChI=1S/C30H50O2.C2H5Br.CH2O2/c1-8-30(32,9-2)28(31)19-16-22(3)25(6)29(7)20-12-14-26(21-24(29)5)17-18-27-15-11-10-13-23(27)4;1-2-3;2-1-3/h17-18,22,24-25,32H,4,8-16,19-21H2,1-3,5-7H3;2H2,1H3;1H,(H,2,3)/b26-17+,27-18-;;/t22-,24?,25?,29+;;/m1../s1. The van der Waals surface area contributed by atoms with Crippen LogP contribution in [0.4, 0.5) is 0 Å². The Balaban J connectivity index is 0.00000208. The molecule has 0 heterocycles. The highest BCUT2D eigenvalue weighted by Gasteiger charge is 2.40. The molecule has 2 aliphatic rings. The van der Waals surface area contributed by atoms with Crippen LogP contribution in [0.1, 0.15) is 126 Å². The Morgan fingerprint density at radius 1 is 1.13 bits per heavy atom. The zero-order chi connectivity index (χ0) is 29.4. The van der Waals surface area contributed by atoms with E-state index in [1.54, 1.807) is 5.57 Å². The quantitative estimate of drug-likeness (QED) is 0.158. The number of allylic oxidation sites excluding steroid dienone is 5. The lowest BCUT2D eigenvalue weighted by Crippen LogP contribution is -2.38. The number of carboxylic acid groups (broad SMARTS) is 1. The minimum atomic E-state index is -1.12. The molecule has 220 valence electrons. The largest absolute Gasteiger partial charge is 0.483 e. The highest BCUT2D eigenvalue weighted by molar-refractivity contribution is 9.09. The molecule has 0 bridgehead atoms. The van der Waals surface area contributed by atoms with Crippen LogP contribution in [-0.2, 0) is 9.59 Å². The molecule has 2 N–H and O–H groups in total. The maximum Gasteiger partial charge on any atom is 0.290 e. The van der Waals surface area contributed by atoms with Gasteiger partial charge in [-0.15, -0.1) is 0 Å². The van der Waals surface area contributed by atoms with E-state index in [1.165, 1.54) is 56.1 Å². The van der Waals surface area contributed by atoms with E-state index in [-0.39, 0.29) is 17.7 Å². The monoisotopic (exact) mass is 596 g/mol. The Kier molecular flexibility index (Phi) is 18.4. The summed E-state index contributed by atoms with van der Waals surface area (Å²) in [4.78, 5) is 21.0. The summed E-state index contributed by atoms with van der Waals surface area (Å²) in [6.45, 7) is 19.5. The first-order chi connectivity index (χ1) is 17.9. The van der Waals surface area contributed by atoms with Crippen molar-refractivity contribution in [1.29, 1.82) is 0 Å². The van der Waals surface area contributed by atoms with Crippen LogP contribution in [0.25, 0.3) is 0 Å². The second-order valence-electron chi connectivity index (χ2n) is 11.6. The minimum absolute atomic E-state index is 0.0307. The van der Waals surface area contributed by atoms with Crippen molar-refractivity contribution in [2.75, 3.05) is 5.33 Å². The van der Waals surface area contributed by atoms with Crippen molar-refractivity contribution in [1.82, 2.24) is 0 Å². The number of carbonyl (C=O) groups excluding carboxylic acids is 1. The van der Waals surface area contributed by atoms with Crippen LogP contribution in [0.15, 0.2) is 35.5 Å². The Hall–Kier alpha value is -1.20. The SMILES string of the molecule is C=C1CCCC/C1=C/C=C1\CCC[C@](C)(C(C)[C@H](C)CCC(=O)C(O)(CC)CC)C(C)C1.CCBr.O=CO. The molecule has 4 nitrogen and oxygen atoms in total. The van der Waals surface area contributed by atoms with Crippen LogP contribution < -0.4 is 0 Å². The van der Waals surface area contributed by atoms with Gasteiger partial charge in [0.15, 0.2) is 5.78 Å². The zero-order valence-electron chi connectivity index (χ0n) is 25.5. The topological polar surface area (TPSA) is 74.6 Å². The van der Waals surface area contributed by atoms with Gasteiger partial charge in [0.2, 0.25) is 0 Å². The van der Waals surface area contributed by atoms with Crippen molar-refractivity contribution in [2.24, 2.45) is 23.2 Å². The summed E-state index contributed by atoms with van der Waals surface area (Å²) in [6, 6.07) is 0. The van der Waals surface area contributed by atoms with E-state index >= 15 is 0 Å². The summed E-state index contributed by atoms with van der Waals surface area (Å²) >= 11 is 3.15. The summed E-state index contributed by atoms with van der Waals surface area (Å²) < 4.78 is 0. The third-order valence-electron chi connectivity index (χ3n) is 9.47. The molecule has 0 amide bonds. The molecule has 0 radical (unpaired) electrons. The Morgan fingerprint density at radius 3 is 2.21 bits per heavy atom. The third-order valence-corrected chi connectivity index (χ3v) is 9.47. The zero-order valence-corrected chi connectivity index (χ0v) is 27.0.